The van der Waals surface area contributed by atoms with E-state index in [2.05, 4.69) is 36.6 Å². The maximum absolute atomic E-state index is 11.8. The third kappa shape index (κ3) is 3.03. The van der Waals surface area contributed by atoms with E-state index in [1.54, 1.807) is 11.3 Å². The second-order valence-corrected chi connectivity index (χ2v) is 5.16. The summed E-state index contributed by atoms with van der Waals surface area (Å²) in [5.74, 6) is 5.26. The summed E-state index contributed by atoms with van der Waals surface area (Å²) in [6.07, 6.45) is 2.83. The Bertz CT molecular complexity index is 559. The number of carbonyl (C=O) groups excluding carboxylic acids is 1. The number of hydrogen-bond acceptors (Lipinski definition) is 6. The Labute approximate surface area is 116 Å². The van der Waals surface area contributed by atoms with Crippen LogP contribution in [0.2, 0.25) is 0 Å². The standard InChI is InChI=1S/C10H10BrN5OS/c11-6-1-2-18-8(6)4-14-10(17)7-3-13-5-9(15-7)16-12/h1-3,5H,4,12H2,(H,14,17)(H,15,16). The number of amides is 1. The molecule has 4 N–H and O–H groups in total. The highest BCUT2D eigenvalue weighted by Crippen LogP contribution is 2.22. The van der Waals surface area contributed by atoms with Gasteiger partial charge in [0.1, 0.15) is 5.69 Å². The van der Waals surface area contributed by atoms with E-state index in [0.29, 0.717) is 12.4 Å². The number of hydrogen-bond donors (Lipinski definition) is 3. The molecular formula is C10H10BrN5OS. The molecule has 0 saturated heterocycles. The first-order chi connectivity index (χ1) is 8.70. The van der Waals surface area contributed by atoms with Crippen molar-refractivity contribution in [1.29, 1.82) is 0 Å². The molecule has 0 atom stereocenters. The second-order valence-electron chi connectivity index (χ2n) is 3.31. The highest BCUT2D eigenvalue weighted by Gasteiger charge is 2.09. The second kappa shape index (κ2) is 5.89. The Balaban J connectivity index is 2.01. The monoisotopic (exact) mass is 327 g/mol. The summed E-state index contributed by atoms with van der Waals surface area (Å²) in [5.41, 5.74) is 2.56. The van der Waals surface area contributed by atoms with Crippen molar-refractivity contribution < 1.29 is 4.79 Å². The van der Waals surface area contributed by atoms with E-state index in [1.165, 1.54) is 12.4 Å². The molecule has 6 nitrogen and oxygen atoms in total. The van der Waals surface area contributed by atoms with Crippen LogP contribution < -0.4 is 16.6 Å². The fourth-order valence-electron chi connectivity index (χ4n) is 1.25. The van der Waals surface area contributed by atoms with Gasteiger partial charge >= 0.3 is 0 Å². The van der Waals surface area contributed by atoms with Gasteiger partial charge in [-0.25, -0.2) is 10.8 Å². The van der Waals surface area contributed by atoms with Gasteiger partial charge in [0.05, 0.1) is 18.9 Å². The summed E-state index contributed by atoms with van der Waals surface area (Å²) in [6.45, 7) is 0.443. The number of hydrazine groups is 1. The van der Waals surface area contributed by atoms with Gasteiger partial charge in [-0.3, -0.25) is 9.78 Å². The lowest BCUT2D eigenvalue weighted by Gasteiger charge is -2.04. The van der Waals surface area contributed by atoms with Gasteiger partial charge in [-0.2, -0.15) is 0 Å². The molecule has 0 fully saturated rings. The lowest BCUT2D eigenvalue weighted by atomic mass is 10.4. The molecule has 0 spiro atoms. The van der Waals surface area contributed by atoms with E-state index in [-0.39, 0.29) is 11.6 Å². The molecule has 0 aliphatic heterocycles. The number of anilines is 1. The molecule has 1 amide bonds. The Morgan fingerprint density at radius 1 is 1.50 bits per heavy atom. The maximum Gasteiger partial charge on any atom is 0.271 e. The third-order valence-corrected chi connectivity index (χ3v) is 4.04. The van der Waals surface area contributed by atoms with Crippen molar-refractivity contribution in [2.45, 2.75) is 6.54 Å². The first-order valence-electron chi connectivity index (χ1n) is 4.99. The third-order valence-electron chi connectivity index (χ3n) is 2.12. The molecule has 0 unspecified atom stereocenters. The number of thiophene rings is 1. The first-order valence-corrected chi connectivity index (χ1v) is 6.66. The van der Waals surface area contributed by atoms with Crippen molar-refractivity contribution in [2.24, 2.45) is 5.84 Å². The summed E-state index contributed by atoms with van der Waals surface area (Å²) in [6, 6.07) is 1.94. The quantitative estimate of drug-likeness (QED) is 0.584. The van der Waals surface area contributed by atoms with E-state index in [4.69, 9.17) is 5.84 Å². The molecule has 0 saturated carbocycles. The summed E-state index contributed by atoms with van der Waals surface area (Å²) in [4.78, 5) is 20.7. The van der Waals surface area contributed by atoms with E-state index < -0.39 is 0 Å². The van der Waals surface area contributed by atoms with Gasteiger partial charge in [-0.1, -0.05) is 0 Å². The number of nitrogens with two attached hydrogens (primary N) is 1. The van der Waals surface area contributed by atoms with Gasteiger partial charge in [-0.15, -0.1) is 11.3 Å². The topological polar surface area (TPSA) is 92.9 Å². The number of nitrogens with zero attached hydrogens (tertiary/aromatic N) is 2. The van der Waals surface area contributed by atoms with E-state index >= 15 is 0 Å². The van der Waals surface area contributed by atoms with Gasteiger partial charge < -0.3 is 10.7 Å². The minimum absolute atomic E-state index is 0.220. The zero-order chi connectivity index (χ0) is 13.0. The molecule has 0 aliphatic rings. The van der Waals surface area contributed by atoms with E-state index in [0.717, 1.165) is 9.35 Å². The Kier molecular flexibility index (Phi) is 4.24. The summed E-state index contributed by atoms with van der Waals surface area (Å²) < 4.78 is 0.983. The van der Waals surface area contributed by atoms with E-state index in [9.17, 15) is 4.79 Å². The fourth-order valence-corrected chi connectivity index (χ4v) is 2.68. The van der Waals surface area contributed by atoms with Crippen LogP contribution in [-0.4, -0.2) is 15.9 Å². The van der Waals surface area contributed by atoms with Crippen molar-refractivity contribution in [3.63, 3.8) is 0 Å². The zero-order valence-corrected chi connectivity index (χ0v) is 11.6. The molecule has 2 aromatic rings. The number of nitrogens with one attached hydrogen (secondary N) is 2. The van der Waals surface area contributed by atoms with Crippen LogP contribution in [0.4, 0.5) is 5.82 Å². The summed E-state index contributed by atoms with van der Waals surface area (Å²) >= 11 is 4.96. The molecule has 18 heavy (non-hydrogen) atoms. The van der Waals surface area contributed by atoms with Crippen molar-refractivity contribution >= 4 is 39.0 Å². The van der Waals surface area contributed by atoms with Crippen LogP contribution in [0.25, 0.3) is 0 Å². The molecular weight excluding hydrogens is 318 g/mol. The zero-order valence-electron chi connectivity index (χ0n) is 9.18. The van der Waals surface area contributed by atoms with Crippen molar-refractivity contribution in [3.8, 4) is 0 Å². The van der Waals surface area contributed by atoms with Crippen molar-refractivity contribution in [1.82, 2.24) is 15.3 Å². The molecule has 2 rings (SSSR count). The van der Waals surface area contributed by atoms with Gasteiger partial charge in [0.15, 0.2) is 5.82 Å². The lowest BCUT2D eigenvalue weighted by Crippen LogP contribution is -2.24. The number of nitrogen functional groups attached to an aromatic ring is 1. The van der Waals surface area contributed by atoms with Crippen LogP contribution in [0, 0.1) is 0 Å². The average molecular weight is 328 g/mol. The van der Waals surface area contributed by atoms with Crippen LogP contribution in [0.3, 0.4) is 0 Å². The van der Waals surface area contributed by atoms with Gasteiger partial charge in [0.25, 0.3) is 5.91 Å². The number of aromatic nitrogens is 2. The minimum Gasteiger partial charge on any atom is -0.346 e. The van der Waals surface area contributed by atoms with E-state index in [1.807, 2.05) is 11.4 Å². The van der Waals surface area contributed by atoms with Crippen molar-refractivity contribution in [3.05, 3.63) is 38.9 Å². The summed E-state index contributed by atoms with van der Waals surface area (Å²) in [7, 11) is 0. The maximum atomic E-state index is 11.8. The van der Waals surface area contributed by atoms with Crippen molar-refractivity contribution in [2.75, 3.05) is 5.43 Å². The summed E-state index contributed by atoms with van der Waals surface area (Å²) in [5, 5.41) is 4.71. The van der Waals surface area contributed by atoms with Crippen LogP contribution in [0.5, 0.6) is 0 Å². The fraction of sp³-hybridized carbons (Fsp3) is 0.100. The average Bonchev–Trinajstić information content (AvgIpc) is 2.81. The Morgan fingerprint density at radius 2 is 2.33 bits per heavy atom. The predicted molar refractivity (Wildman–Crippen MR) is 73.0 cm³/mol. The largest absolute Gasteiger partial charge is 0.346 e. The van der Waals surface area contributed by atoms with Crippen LogP contribution >= 0.6 is 27.3 Å². The highest BCUT2D eigenvalue weighted by molar-refractivity contribution is 9.10. The van der Waals surface area contributed by atoms with Crippen LogP contribution in [0.15, 0.2) is 28.3 Å². The SMILES string of the molecule is NNc1cncc(C(=O)NCc2sccc2Br)n1. The molecule has 0 bridgehead atoms. The Hall–Kier alpha value is -1.51. The number of halogens is 1. The molecule has 94 valence electrons. The first kappa shape index (κ1) is 12.9. The molecule has 0 aromatic carbocycles. The van der Waals surface area contributed by atoms with Gasteiger partial charge in [-0.05, 0) is 27.4 Å². The lowest BCUT2D eigenvalue weighted by molar-refractivity contribution is 0.0946. The minimum atomic E-state index is -0.292. The van der Waals surface area contributed by atoms with Crippen LogP contribution in [0.1, 0.15) is 15.4 Å². The molecule has 2 aromatic heterocycles. The van der Waals surface area contributed by atoms with Gasteiger partial charge in [0, 0.05) is 9.35 Å². The smallest absolute Gasteiger partial charge is 0.271 e. The highest BCUT2D eigenvalue weighted by atomic mass is 79.9. The number of carbonyl (C=O) groups is 1. The predicted octanol–water partition coefficient (Wildman–Crippen LogP) is 1.52. The van der Waals surface area contributed by atoms with Gasteiger partial charge in [0.2, 0.25) is 0 Å². The molecule has 0 aliphatic carbocycles. The Morgan fingerprint density at radius 3 is 3.00 bits per heavy atom. The van der Waals surface area contributed by atoms with Crippen LogP contribution in [-0.2, 0) is 6.54 Å². The molecule has 2 heterocycles. The molecule has 8 heteroatoms. The number of rotatable bonds is 4. The molecule has 0 radical (unpaired) electrons. The normalized spacial score (nSPS) is 10.1.